The fraction of sp³-hybridized carbons (Fsp3) is 0.200. The summed E-state index contributed by atoms with van der Waals surface area (Å²) >= 11 is 0. The Bertz CT molecular complexity index is 697. The molecule has 3 rings (SSSR count). The molecule has 1 aliphatic carbocycles. The number of nitrogens with two attached hydrogens (primary N) is 1. The maximum absolute atomic E-state index is 13.8. The number of amides is 2. The molecular formula is C15H13FN2O3. The summed E-state index contributed by atoms with van der Waals surface area (Å²) in [4.78, 5) is 23.0. The van der Waals surface area contributed by atoms with E-state index in [0.29, 0.717) is 6.42 Å². The molecule has 6 heteroatoms. The lowest BCUT2D eigenvalue weighted by Gasteiger charge is -2.07. The molecule has 1 aliphatic rings. The van der Waals surface area contributed by atoms with Gasteiger partial charge in [0.05, 0.1) is 12.0 Å². The van der Waals surface area contributed by atoms with E-state index in [4.69, 9.17) is 10.2 Å². The van der Waals surface area contributed by atoms with Gasteiger partial charge in [-0.15, -0.1) is 0 Å². The van der Waals surface area contributed by atoms with Gasteiger partial charge in [-0.3, -0.25) is 9.59 Å². The van der Waals surface area contributed by atoms with E-state index in [2.05, 4.69) is 5.32 Å². The molecule has 1 heterocycles. The van der Waals surface area contributed by atoms with Crippen LogP contribution >= 0.6 is 0 Å². The molecule has 1 aromatic carbocycles. The molecule has 21 heavy (non-hydrogen) atoms. The number of benzene rings is 1. The van der Waals surface area contributed by atoms with Crippen molar-refractivity contribution >= 4 is 17.5 Å². The van der Waals surface area contributed by atoms with E-state index in [1.807, 2.05) is 6.07 Å². The second-order valence-corrected chi connectivity index (χ2v) is 5.01. The zero-order valence-corrected chi connectivity index (χ0v) is 11.0. The van der Waals surface area contributed by atoms with Crippen molar-refractivity contribution in [1.82, 2.24) is 0 Å². The number of carbonyl (C=O) groups is 2. The minimum atomic E-state index is -0.716. The van der Waals surface area contributed by atoms with Gasteiger partial charge in [0.1, 0.15) is 11.6 Å². The van der Waals surface area contributed by atoms with Gasteiger partial charge >= 0.3 is 0 Å². The van der Waals surface area contributed by atoms with E-state index in [1.165, 1.54) is 12.1 Å². The highest BCUT2D eigenvalue weighted by molar-refractivity contribution is 5.97. The predicted octanol–water partition coefficient (Wildman–Crippen LogP) is 2.26. The molecule has 0 bridgehead atoms. The summed E-state index contributed by atoms with van der Waals surface area (Å²) in [6.45, 7) is 0. The standard InChI is InChI=1S/C15H13FN2O3/c16-11-6-8(14(17)19)3-4-12(11)18-15(20)10-7-9(10)13-2-1-5-21-13/h1-6,9-10H,7H2,(H2,17,19)(H,18,20)/t9-,10-/m1/s1. The number of hydrogen-bond donors (Lipinski definition) is 2. The number of primary amides is 1. The number of carbonyl (C=O) groups excluding carboxylic acids is 2. The fourth-order valence-corrected chi connectivity index (χ4v) is 2.30. The number of furan rings is 1. The van der Waals surface area contributed by atoms with Gasteiger partial charge in [0, 0.05) is 17.4 Å². The third kappa shape index (κ3) is 2.65. The van der Waals surface area contributed by atoms with E-state index < -0.39 is 11.7 Å². The molecule has 1 fully saturated rings. The number of halogens is 1. The quantitative estimate of drug-likeness (QED) is 0.904. The lowest BCUT2D eigenvalue weighted by molar-refractivity contribution is -0.117. The van der Waals surface area contributed by atoms with Crippen LogP contribution in [0, 0.1) is 11.7 Å². The Morgan fingerprint density at radius 1 is 1.33 bits per heavy atom. The molecule has 2 amide bonds. The first kappa shape index (κ1) is 13.4. The molecule has 1 aromatic heterocycles. The van der Waals surface area contributed by atoms with Crippen molar-refractivity contribution in [2.45, 2.75) is 12.3 Å². The van der Waals surface area contributed by atoms with Crippen LogP contribution in [-0.4, -0.2) is 11.8 Å². The smallest absolute Gasteiger partial charge is 0.248 e. The van der Waals surface area contributed by atoms with Gasteiger partial charge in [-0.1, -0.05) is 0 Å². The Hall–Kier alpha value is -2.63. The van der Waals surface area contributed by atoms with Crippen LogP contribution in [0.1, 0.15) is 28.5 Å². The van der Waals surface area contributed by atoms with Crippen LogP contribution in [0.5, 0.6) is 0 Å². The zero-order chi connectivity index (χ0) is 15.0. The van der Waals surface area contributed by atoms with Crippen molar-refractivity contribution in [1.29, 1.82) is 0 Å². The molecule has 3 N–H and O–H groups in total. The minimum Gasteiger partial charge on any atom is -0.469 e. The van der Waals surface area contributed by atoms with E-state index in [1.54, 1.807) is 12.3 Å². The monoisotopic (exact) mass is 288 g/mol. The lowest BCUT2D eigenvalue weighted by atomic mass is 10.2. The van der Waals surface area contributed by atoms with Gasteiger partial charge in [0.2, 0.25) is 11.8 Å². The van der Waals surface area contributed by atoms with Crippen LogP contribution < -0.4 is 11.1 Å². The van der Waals surface area contributed by atoms with Crippen molar-refractivity contribution in [2.24, 2.45) is 11.7 Å². The van der Waals surface area contributed by atoms with Crippen molar-refractivity contribution in [3.8, 4) is 0 Å². The first-order valence-electron chi connectivity index (χ1n) is 6.50. The second-order valence-electron chi connectivity index (χ2n) is 5.01. The first-order valence-corrected chi connectivity index (χ1v) is 6.50. The minimum absolute atomic E-state index is 0.0371. The Labute approximate surface area is 119 Å². The van der Waals surface area contributed by atoms with Gasteiger partial charge in [-0.05, 0) is 36.8 Å². The number of rotatable bonds is 4. The summed E-state index contributed by atoms with van der Waals surface area (Å²) < 4.78 is 19.0. The summed E-state index contributed by atoms with van der Waals surface area (Å²) in [5, 5.41) is 2.52. The third-order valence-electron chi connectivity index (χ3n) is 3.55. The summed E-state index contributed by atoms with van der Waals surface area (Å²) in [7, 11) is 0. The Balaban J connectivity index is 1.67. The molecule has 0 saturated heterocycles. The van der Waals surface area contributed by atoms with Gasteiger partial charge in [0.15, 0.2) is 0 Å². The Morgan fingerprint density at radius 3 is 2.76 bits per heavy atom. The Kier molecular flexibility index (Phi) is 3.21. The summed E-state index contributed by atoms with van der Waals surface area (Å²) in [5.74, 6) is -1.07. The highest BCUT2D eigenvalue weighted by atomic mass is 19.1. The number of hydrogen-bond acceptors (Lipinski definition) is 3. The topological polar surface area (TPSA) is 85.3 Å². The van der Waals surface area contributed by atoms with Crippen LogP contribution in [0.25, 0.3) is 0 Å². The second kappa shape index (κ2) is 5.05. The average molecular weight is 288 g/mol. The molecule has 0 aliphatic heterocycles. The highest BCUT2D eigenvalue weighted by Crippen LogP contribution is 2.48. The van der Waals surface area contributed by atoms with E-state index >= 15 is 0 Å². The van der Waals surface area contributed by atoms with Crippen molar-refractivity contribution < 1.29 is 18.4 Å². The van der Waals surface area contributed by atoms with Gasteiger partial charge < -0.3 is 15.5 Å². The van der Waals surface area contributed by atoms with E-state index in [9.17, 15) is 14.0 Å². The molecular weight excluding hydrogens is 275 g/mol. The van der Waals surface area contributed by atoms with Gasteiger partial charge in [-0.25, -0.2) is 4.39 Å². The van der Waals surface area contributed by atoms with Gasteiger partial charge in [-0.2, -0.15) is 0 Å². The van der Waals surface area contributed by atoms with Crippen molar-refractivity contribution in [3.05, 3.63) is 53.7 Å². The van der Waals surface area contributed by atoms with Crippen LogP contribution in [0.2, 0.25) is 0 Å². The van der Waals surface area contributed by atoms with Gasteiger partial charge in [0.25, 0.3) is 0 Å². The maximum Gasteiger partial charge on any atom is 0.248 e. The molecule has 0 spiro atoms. The fourth-order valence-electron chi connectivity index (χ4n) is 2.30. The van der Waals surface area contributed by atoms with Crippen molar-refractivity contribution in [2.75, 3.05) is 5.32 Å². The molecule has 108 valence electrons. The average Bonchev–Trinajstić information content (AvgIpc) is 3.07. The van der Waals surface area contributed by atoms with Crippen LogP contribution in [0.15, 0.2) is 41.0 Å². The molecule has 0 radical (unpaired) electrons. The van der Waals surface area contributed by atoms with Crippen LogP contribution in [-0.2, 0) is 4.79 Å². The highest BCUT2D eigenvalue weighted by Gasteiger charge is 2.45. The summed E-state index contributed by atoms with van der Waals surface area (Å²) in [6.07, 6.45) is 2.24. The molecule has 5 nitrogen and oxygen atoms in total. The normalized spacial score (nSPS) is 20.0. The largest absolute Gasteiger partial charge is 0.469 e. The summed E-state index contributed by atoms with van der Waals surface area (Å²) in [6, 6.07) is 7.30. The van der Waals surface area contributed by atoms with E-state index in [0.717, 1.165) is 11.8 Å². The third-order valence-corrected chi connectivity index (χ3v) is 3.55. The van der Waals surface area contributed by atoms with Crippen LogP contribution in [0.3, 0.4) is 0 Å². The molecule has 0 unspecified atom stereocenters. The number of nitrogens with one attached hydrogen (secondary N) is 1. The van der Waals surface area contributed by atoms with Crippen LogP contribution in [0.4, 0.5) is 10.1 Å². The molecule has 1 saturated carbocycles. The Morgan fingerprint density at radius 2 is 2.14 bits per heavy atom. The molecule has 2 atom stereocenters. The maximum atomic E-state index is 13.8. The first-order chi connectivity index (χ1) is 10.1. The summed E-state index contributed by atoms with van der Waals surface area (Å²) in [5.41, 5.74) is 5.16. The molecule has 2 aromatic rings. The zero-order valence-electron chi connectivity index (χ0n) is 11.0. The number of anilines is 1. The predicted molar refractivity (Wildman–Crippen MR) is 73.1 cm³/mol. The lowest BCUT2D eigenvalue weighted by Crippen LogP contribution is -2.16. The van der Waals surface area contributed by atoms with Crippen molar-refractivity contribution in [3.63, 3.8) is 0 Å². The SMILES string of the molecule is NC(=O)c1ccc(NC(=O)[C@@H]2C[C@H]2c2ccco2)c(F)c1. The van der Waals surface area contributed by atoms with E-state index in [-0.39, 0.29) is 29.0 Å².